The molecule has 1 saturated heterocycles. The van der Waals surface area contributed by atoms with Crippen LogP contribution in [0.2, 0.25) is 0 Å². The van der Waals surface area contributed by atoms with Gasteiger partial charge in [-0.05, 0) is 12.8 Å². The van der Waals surface area contributed by atoms with Gasteiger partial charge in [-0.25, -0.2) is 0 Å². The molecule has 3 nitrogen and oxygen atoms in total. The fourth-order valence-corrected chi connectivity index (χ4v) is 0.764. The van der Waals surface area contributed by atoms with Gasteiger partial charge in [-0.2, -0.15) is 0 Å². The first-order chi connectivity index (χ1) is 3.80. The van der Waals surface area contributed by atoms with Crippen molar-refractivity contribution in [1.82, 2.24) is 0 Å². The van der Waals surface area contributed by atoms with Crippen molar-refractivity contribution in [1.29, 1.82) is 0 Å². The number of rotatable bonds is 1. The van der Waals surface area contributed by atoms with E-state index in [4.69, 9.17) is 4.74 Å². The van der Waals surface area contributed by atoms with Crippen molar-refractivity contribution in [2.24, 2.45) is 0 Å². The van der Waals surface area contributed by atoms with Crippen molar-refractivity contribution < 1.29 is 70.4 Å². The van der Waals surface area contributed by atoms with Crippen molar-refractivity contribution in [3.63, 3.8) is 0 Å². The normalized spacial score (nSPS) is 18.8. The van der Waals surface area contributed by atoms with Gasteiger partial charge >= 0.3 is 18.6 Å². The molecule has 71 valence electrons. The average Bonchev–Trinajstić information content (AvgIpc) is 2.12. The van der Waals surface area contributed by atoms with Gasteiger partial charge in [-0.15, -0.1) is 0 Å². The number of hydrogen-bond acceptors (Lipinski definition) is 3. The predicted octanol–water partition coefficient (Wildman–Crippen LogP) is -10.1. The second-order valence-electron chi connectivity index (χ2n) is 1.82. The summed E-state index contributed by atoms with van der Waals surface area (Å²) >= 11 is 0. The van der Waals surface area contributed by atoms with Gasteiger partial charge in [0.05, 0.1) is 12.1 Å². The Bertz CT molecular complexity index is 108. The Hall–Kier alpha value is 0.884. The molecule has 1 fully saturated rings. The van der Waals surface area contributed by atoms with Gasteiger partial charge in [-0.3, -0.25) is 0 Å². The minimum atomic E-state index is -1.08. The summed E-state index contributed by atoms with van der Waals surface area (Å²) in [4.78, 5) is 9.97. The summed E-state index contributed by atoms with van der Waals surface area (Å²) in [6.45, 7) is 0.568. The summed E-state index contributed by atoms with van der Waals surface area (Å²) in [5.41, 5.74) is 0. The average molecular weight is 272 g/mol. The maximum Gasteiger partial charge on any atom is 4.00 e. The van der Waals surface area contributed by atoms with E-state index in [-0.39, 0.29) is 55.8 Å². The number of carbonyl (C=O) groups excluding carboxylic acids is 1. The van der Waals surface area contributed by atoms with Gasteiger partial charge in [0, 0.05) is 6.61 Å². The molecule has 1 atom stereocenters. The summed E-state index contributed by atoms with van der Waals surface area (Å²) in [7, 11) is 0. The van der Waals surface area contributed by atoms with Gasteiger partial charge in [-0.1, -0.05) is 0 Å². The fourth-order valence-electron chi connectivity index (χ4n) is 0.764. The third kappa shape index (κ3) is 7.53. The molecule has 0 saturated carbocycles. The van der Waals surface area contributed by atoms with Crippen LogP contribution in [0, 0.1) is 0 Å². The first kappa shape index (κ1) is 23.1. The molecule has 7 heteroatoms. The third-order valence-corrected chi connectivity index (χ3v) is 1.19. The minimum absolute atomic E-state index is 0. The van der Waals surface area contributed by atoms with Crippen LogP contribution >= 0.6 is 0 Å². The monoisotopic (exact) mass is 271 g/mol. The van der Waals surface area contributed by atoms with Crippen LogP contribution in [0.5, 0.6) is 0 Å². The fraction of sp³-hybridized carbons (Fsp3) is 0.800. The van der Waals surface area contributed by atoms with E-state index in [2.05, 4.69) is 0 Å². The largest absolute Gasteiger partial charge is 4.00 e. The number of hydrogen-bond donors (Lipinski definition) is 0. The second kappa shape index (κ2) is 11.9. The SMILES string of the molecule is O=C([O-])C1CCCO1.[Cl-].[Cl-].[Cl-].[V+4]. The Morgan fingerprint density at radius 3 is 2.00 bits per heavy atom. The van der Waals surface area contributed by atoms with E-state index in [1.165, 1.54) is 0 Å². The van der Waals surface area contributed by atoms with Crippen LogP contribution in [0.4, 0.5) is 0 Å². The Kier molecular flexibility index (Phi) is 22.8. The van der Waals surface area contributed by atoms with Crippen LogP contribution in [-0.2, 0) is 28.1 Å². The molecule has 1 radical (unpaired) electrons. The molecule has 0 aromatic heterocycles. The zero-order valence-electron chi connectivity index (χ0n) is 6.00. The van der Waals surface area contributed by atoms with Crippen molar-refractivity contribution in [2.75, 3.05) is 6.61 Å². The summed E-state index contributed by atoms with van der Waals surface area (Å²) in [6, 6.07) is 0. The number of carboxylic acid groups (broad SMARTS) is 1. The zero-order chi connectivity index (χ0) is 5.98. The Labute approximate surface area is 102 Å². The van der Waals surface area contributed by atoms with E-state index in [0.717, 1.165) is 6.42 Å². The Morgan fingerprint density at radius 1 is 1.33 bits per heavy atom. The van der Waals surface area contributed by atoms with E-state index in [1.807, 2.05) is 0 Å². The smallest absolute Gasteiger partial charge is 1.00 e. The van der Waals surface area contributed by atoms with Crippen LogP contribution in [0.15, 0.2) is 0 Å². The molecule has 1 heterocycles. The first-order valence-corrected chi connectivity index (χ1v) is 2.63. The zero-order valence-corrected chi connectivity index (χ0v) is 9.67. The van der Waals surface area contributed by atoms with Gasteiger partial charge in [0.1, 0.15) is 0 Å². The van der Waals surface area contributed by atoms with Crippen LogP contribution < -0.4 is 42.3 Å². The van der Waals surface area contributed by atoms with Crippen molar-refractivity contribution in [2.45, 2.75) is 18.9 Å². The van der Waals surface area contributed by atoms with Crippen molar-refractivity contribution in [3.8, 4) is 0 Å². The summed E-state index contributed by atoms with van der Waals surface area (Å²) < 4.78 is 4.75. The standard InChI is InChI=1S/C5H8O3.3ClH.V/c6-5(7)4-2-1-3-8-4;;;;/h4H,1-3H2,(H,6,7);3*1H;/q;;;;+4/p-4. The minimum Gasteiger partial charge on any atom is -1.00 e. The molecule has 0 bridgehead atoms. The molecule has 0 N–H and O–H groups in total. The predicted molar refractivity (Wildman–Crippen MR) is 24.0 cm³/mol. The number of carbonyl (C=O) groups is 1. The number of aliphatic carboxylic acids is 1. The molecular weight excluding hydrogens is 265 g/mol. The summed E-state index contributed by atoms with van der Waals surface area (Å²) in [5, 5.41) is 9.97. The molecule has 0 aliphatic carbocycles. The molecule has 0 spiro atoms. The molecule has 1 aliphatic heterocycles. The third-order valence-electron chi connectivity index (χ3n) is 1.19. The summed E-state index contributed by atoms with van der Waals surface area (Å²) in [6.07, 6.45) is 0.830. The molecule has 1 rings (SSSR count). The topological polar surface area (TPSA) is 49.4 Å². The van der Waals surface area contributed by atoms with Crippen LogP contribution in [0.25, 0.3) is 0 Å². The van der Waals surface area contributed by atoms with Gasteiger partial charge in [0.2, 0.25) is 0 Å². The van der Waals surface area contributed by atoms with E-state index in [0.29, 0.717) is 13.0 Å². The maximum atomic E-state index is 9.97. The summed E-state index contributed by atoms with van der Waals surface area (Å²) in [5.74, 6) is -1.08. The quantitative estimate of drug-likeness (QED) is 0.476. The molecule has 0 amide bonds. The van der Waals surface area contributed by atoms with E-state index >= 15 is 0 Å². The first-order valence-electron chi connectivity index (χ1n) is 2.63. The molecular formula is C5H7Cl3O3V. The second-order valence-corrected chi connectivity index (χ2v) is 1.82. The van der Waals surface area contributed by atoms with E-state index < -0.39 is 12.1 Å². The van der Waals surface area contributed by atoms with Crippen LogP contribution in [-0.4, -0.2) is 18.7 Å². The Morgan fingerprint density at radius 2 is 1.83 bits per heavy atom. The number of ether oxygens (including phenoxy) is 1. The number of halogens is 3. The van der Waals surface area contributed by atoms with E-state index in [9.17, 15) is 9.90 Å². The molecule has 0 aromatic carbocycles. The van der Waals surface area contributed by atoms with Crippen molar-refractivity contribution >= 4 is 5.97 Å². The number of carboxylic acids is 1. The van der Waals surface area contributed by atoms with Gasteiger partial charge in [0.25, 0.3) is 0 Å². The molecule has 0 aromatic rings. The Balaban J connectivity index is -0.0000000800. The van der Waals surface area contributed by atoms with E-state index in [1.54, 1.807) is 0 Å². The maximum absolute atomic E-state index is 9.97. The molecule has 1 unspecified atom stereocenters. The van der Waals surface area contributed by atoms with Crippen LogP contribution in [0.1, 0.15) is 12.8 Å². The van der Waals surface area contributed by atoms with Gasteiger partial charge in [0.15, 0.2) is 0 Å². The van der Waals surface area contributed by atoms with Crippen LogP contribution in [0.3, 0.4) is 0 Å². The van der Waals surface area contributed by atoms with Crippen molar-refractivity contribution in [3.05, 3.63) is 0 Å². The van der Waals surface area contributed by atoms with Gasteiger partial charge < -0.3 is 51.9 Å². The molecule has 12 heavy (non-hydrogen) atoms. The molecule has 1 aliphatic rings.